The van der Waals surface area contributed by atoms with E-state index in [4.69, 9.17) is 20.4 Å². The highest BCUT2D eigenvalue weighted by molar-refractivity contribution is 5.96. The molecule has 14 heteroatoms. The number of carbonyl (C=O) groups is 6. The fraction of sp³-hybridized carbons (Fsp3) is 0.182. The topological polar surface area (TPSA) is 215 Å². The lowest BCUT2D eigenvalue weighted by atomic mass is 10.1. The largest absolute Gasteiger partial charge is 0.478 e. The number of carbonyl (C=O) groups excluding carboxylic acids is 2. The number of rotatable bonds is 8. The molecule has 2 aromatic carbocycles. The van der Waals surface area contributed by atoms with E-state index in [9.17, 15) is 28.8 Å². The van der Waals surface area contributed by atoms with Gasteiger partial charge in [-0.05, 0) is 36.4 Å². The second kappa shape index (κ2) is 14.9. The van der Waals surface area contributed by atoms with Crippen LogP contribution in [0.1, 0.15) is 41.4 Å². The molecule has 0 aliphatic rings. The van der Waals surface area contributed by atoms with Crippen LogP contribution in [0, 0.1) is 0 Å². The first-order valence-corrected chi connectivity index (χ1v) is 9.60. The average Bonchev–Trinajstić information content (AvgIpc) is 2.82. The molecule has 14 nitrogen and oxygen atoms in total. The van der Waals surface area contributed by atoms with Crippen molar-refractivity contribution >= 4 is 48.1 Å². The zero-order valence-corrected chi connectivity index (χ0v) is 19.6. The van der Waals surface area contributed by atoms with Gasteiger partial charge in [-0.1, -0.05) is 0 Å². The molecule has 0 bridgehead atoms. The summed E-state index contributed by atoms with van der Waals surface area (Å²) in [5, 5.41) is 43.4. The molecule has 36 heavy (non-hydrogen) atoms. The minimum atomic E-state index is -1.37. The number of azo groups is 1. The molecule has 0 unspecified atom stereocenters. The van der Waals surface area contributed by atoms with Crippen LogP contribution < -0.4 is 0 Å². The van der Waals surface area contributed by atoms with E-state index in [-0.39, 0.29) is 33.6 Å². The highest BCUT2D eigenvalue weighted by Gasteiger charge is 2.13. The zero-order chi connectivity index (χ0) is 28.0. The molecular formula is C22H24N4O10. The summed E-state index contributed by atoms with van der Waals surface area (Å²) in [7, 11) is 6.75. The van der Waals surface area contributed by atoms with Crippen LogP contribution in [0.5, 0.6) is 0 Å². The Morgan fingerprint density at radius 1 is 0.556 bits per heavy atom. The van der Waals surface area contributed by atoms with Crippen molar-refractivity contribution in [1.29, 1.82) is 0 Å². The van der Waals surface area contributed by atoms with Gasteiger partial charge in [0.2, 0.25) is 12.8 Å². The fourth-order valence-electron chi connectivity index (χ4n) is 1.95. The molecule has 2 rings (SSSR count). The molecule has 0 fully saturated rings. The maximum absolute atomic E-state index is 11.0. The molecular weight excluding hydrogens is 480 g/mol. The number of carboxylic acids is 4. The van der Waals surface area contributed by atoms with Crippen LogP contribution in [0.15, 0.2) is 46.6 Å². The van der Waals surface area contributed by atoms with E-state index in [0.717, 1.165) is 49.2 Å². The Morgan fingerprint density at radius 3 is 0.889 bits per heavy atom. The quantitative estimate of drug-likeness (QED) is 0.304. The molecule has 0 aromatic heterocycles. The van der Waals surface area contributed by atoms with E-state index >= 15 is 0 Å². The number of carboxylic acid groups (broad SMARTS) is 4. The van der Waals surface area contributed by atoms with Gasteiger partial charge in [-0.15, -0.1) is 0 Å². The Kier molecular flexibility index (Phi) is 12.8. The Morgan fingerprint density at radius 2 is 0.750 bits per heavy atom. The van der Waals surface area contributed by atoms with Gasteiger partial charge in [0.15, 0.2) is 0 Å². The minimum Gasteiger partial charge on any atom is -0.478 e. The zero-order valence-electron chi connectivity index (χ0n) is 19.6. The molecule has 2 amide bonds. The van der Waals surface area contributed by atoms with Crippen LogP contribution in [0.4, 0.5) is 11.4 Å². The van der Waals surface area contributed by atoms with Crippen molar-refractivity contribution in [3.8, 4) is 0 Å². The summed E-state index contributed by atoms with van der Waals surface area (Å²) in [6.45, 7) is 0. The molecule has 0 saturated heterocycles. The van der Waals surface area contributed by atoms with Gasteiger partial charge in [0, 0.05) is 28.2 Å². The molecule has 0 atom stereocenters. The molecule has 0 radical (unpaired) electrons. The predicted molar refractivity (Wildman–Crippen MR) is 124 cm³/mol. The molecule has 0 aliphatic heterocycles. The molecule has 0 spiro atoms. The first-order chi connectivity index (χ1) is 16.7. The van der Waals surface area contributed by atoms with Crippen LogP contribution in [0.2, 0.25) is 0 Å². The predicted octanol–water partition coefficient (Wildman–Crippen LogP) is 2.30. The van der Waals surface area contributed by atoms with Crippen molar-refractivity contribution in [3.63, 3.8) is 0 Å². The van der Waals surface area contributed by atoms with Gasteiger partial charge in [0.1, 0.15) is 0 Å². The van der Waals surface area contributed by atoms with Crippen molar-refractivity contribution in [2.45, 2.75) is 0 Å². The monoisotopic (exact) mass is 504 g/mol. The van der Waals surface area contributed by atoms with E-state index in [1.165, 1.54) is 9.80 Å². The highest BCUT2D eigenvalue weighted by Crippen LogP contribution is 2.24. The van der Waals surface area contributed by atoms with Crippen molar-refractivity contribution in [1.82, 2.24) is 9.80 Å². The third-order valence-corrected chi connectivity index (χ3v) is 3.53. The number of aromatic carboxylic acids is 4. The maximum Gasteiger partial charge on any atom is 0.335 e. The lowest BCUT2D eigenvalue weighted by Crippen LogP contribution is -2.06. The summed E-state index contributed by atoms with van der Waals surface area (Å²) in [5.41, 5.74) is -1.54. The van der Waals surface area contributed by atoms with E-state index in [0.29, 0.717) is 0 Å². The Labute approximate surface area is 204 Å². The highest BCUT2D eigenvalue weighted by atomic mass is 16.4. The van der Waals surface area contributed by atoms with Gasteiger partial charge in [-0.25, -0.2) is 19.2 Å². The first kappa shape index (κ1) is 30.9. The minimum absolute atomic E-state index is 0.111. The number of benzene rings is 2. The van der Waals surface area contributed by atoms with E-state index in [1.54, 1.807) is 28.2 Å². The lowest BCUT2D eigenvalue weighted by Gasteiger charge is -2.02. The van der Waals surface area contributed by atoms with E-state index < -0.39 is 23.9 Å². The fourth-order valence-corrected chi connectivity index (χ4v) is 1.95. The van der Waals surface area contributed by atoms with Crippen LogP contribution in [0.25, 0.3) is 0 Å². The SMILES string of the molecule is CN(C)C=O.CN(C)C=O.O=C(O)c1cc(N=Nc2cc(C(=O)O)cc(C(=O)O)c2)cc(C(=O)O)c1. The van der Waals surface area contributed by atoms with Gasteiger partial charge in [-0.2, -0.15) is 10.2 Å². The summed E-state index contributed by atoms with van der Waals surface area (Å²) in [6.07, 6.45) is 1.50. The van der Waals surface area contributed by atoms with Gasteiger partial charge < -0.3 is 30.2 Å². The van der Waals surface area contributed by atoms with Gasteiger partial charge >= 0.3 is 23.9 Å². The van der Waals surface area contributed by atoms with E-state index in [1.807, 2.05) is 0 Å². The Bertz CT molecular complexity index is 1010. The third-order valence-electron chi connectivity index (χ3n) is 3.53. The first-order valence-electron chi connectivity index (χ1n) is 9.60. The molecule has 0 saturated carbocycles. The summed E-state index contributed by atoms with van der Waals surface area (Å²) >= 11 is 0. The van der Waals surface area contributed by atoms with Crippen LogP contribution in [-0.2, 0) is 9.59 Å². The van der Waals surface area contributed by atoms with Crippen LogP contribution >= 0.6 is 0 Å². The van der Waals surface area contributed by atoms with Crippen molar-refractivity contribution in [2.24, 2.45) is 10.2 Å². The standard InChI is InChI=1S/C16H10N2O8.2C3H7NO/c19-13(20)7-1-8(14(21)22)4-11(3-7)17-18-12-5-9(15(23)24)2-10(6-12)16(25)26;2*1-4(2)3-5/h1-6H,(H,19,20)(H,21,22)(H,23,24)(H,25,26);2*3H,1-2H3. The van der Waals surface area contributed by atoms with Crippen molar-refractivity contribution in [2.75, 3.05) is 28.2 Å². The molecule has 192 valence electrons. The smallest absolute Gasteiger partial charge is 0.335 e. The van der Waals surface area contributed by atoms with Crippen molar-refractivity contribution < 1.29 is 49.2 Å². The Hall–Kier alpha value is -5.14. The second-order valence-electron chi connectivity index (χ2n) is 7.10. The summed E-state index contributed by atoms with van der Waals surface area (Å²) in [4.78, 5) is 65.9. The van der Waals surface area contributed by atoms with Crippen LogP contribution in [0.3, 0.4) is 0 Å². The summed E-state index contributed by atoms with van der Waals surface area (Å²) in [6, 6.07) is 6.15. The molecule has 0 heterocycles. The van der Waals surface area contributed by atoms with E-state index in [2.05, 4.69) is 10.2 Å². The normalized spacial score (nSPS) is 9.56. The van der Waals surface area contributed by atoms with Crippen LogP contribution in [-0.4, -0.2) is 95.1 Å². The lowest BCUT2D eigenvalue weighted by molar-refractivity contribution is -0.116. The molecule has 2 aromatic rings. The van der Waals surface area contributed by atoms with Gasteiger partial charge in [-0.3, -0.25) is 9.59 Å². The Balaban J connectivity index is 0.00000104. The number of hydrogen-bond acceptors (Lipinski definition) is 8. The van der Waals surface area contributed by atoms with Gasteiger partial charge in [0.25, 0.3) is 0 Å². The van der Waals surface area contributed by atoms with Gasteiger partial charge in [0.05, 0.1) is 33.6 Å². The third kappa shape index (κ3) is 11.6. The van der Waals surface area contributed by atoms with Crippen molar-refractivity contribution in [3.05, 3.63) is 58.7 Å². The molecule has 0 aliphatic carbocycles. The average molecular weight is 504 g/mol. The maximum atomic E-state index is 11.0. The number of hydrogen-bond donors (Lipinski definition) is 4. The number of nitrogens with zero attached hydrogens (tertiary/aromatic N) is 4. The molecule has 4 N–H and O–H groups in total. The summed E-state index contributed by atoms with van der Waals surface area (Å²) in [5.74, 6) is -5.48. The number of amides is 2. The summed E-state index contributed by atoms with van der Waals surface area (Å²) < 4.78 is 0. The second-order valence-corrected chi connectivity index (χ2v) is 7.10.